The number of rotatable bonds is 8. The minimum absolute atomic E-state index is 0.150. The molecule has 0 spiro atoms. The molecule has 0 saturated heterocycles. The summed E-state index contributed by atoms with van der Waals surface area (Å²) in [5.41, 5.74) is 2.00. The summed E-state index contributed by atoms with van der Waals surface area (Å²) in [6, 6.07) is 11.4. The van der Waals surface area contributed by atoms with Gasteiger partial charge in [-0.25, -0.2) is 15.0 Å². The Kier molecular flexibility index (Phi) is 7.33. The van der Waals surface area contributed by atoms with Crippen molar-refractivity contribution in [3.05, 3.63) is 64.7 Å². The maximum Gasteiger partial charge on any atom is 0.202 e. The normalized spacial score (nSPS) is 11.8. The van der Waals surface area contributed by atoms with E-state index in [0.717, 1.165) is 22.7 Å². The van der Waals surface area contributed by atoms with Crippen molar-refractivity contribution in [1.82, 2.24) is 15.0 Å². The van der Waals surface area contributed by atoms with Gasteiger partial charge < -0.3 is 15.0 Å². The number of hydrogen-bond acceptors (Lipinski definition) is 7. The van der Waals surface area contributed by atoms with E-state index in [2.05, 4.69) is 20.3 Å². The monoisotopic (exact) mass is 447 g/mol. The number of thioether (sulfide) groups is 1. The number of pyridine rings is 1. The van der Waals surface area contributed by atoms with Gasteiger partial charge in [0.1, 0.15) is 11.6 Å². The number of benzene rings is 1. The smallest absolute Gasteiger partial charge is 0.202 e. The Bertz CT molecular complexity index is 1010. The van der Waals surface area contributed by atoms with E-state index in [-0.39, 0.29) is 17.0 Å². The number of ether oxygens (including phenoxy) is 1. The Morgan fingerprint density at radius 2 is 1.97 bits per heavy atom. The van der Waals surface area contributed by atoms with Crippen LogP contribution in [-0.2, 0) is 6.54 Å². The van der Waals surface area contributed by atoms with E-state index < -0.39 is 5.82 Å². The fourth-order valence-electron chi connectivity index (χ4n) is 2.94. The summed E-state index contributed by atoms with van der Waals surface area (Å²) in [7, 11) is 3.41. The van der Waals surface area contributed by atoms with Crippen molar-refractivity contribution in [1.29, 1.82) is 0 Å². The molecule has 158 valence electrons. The highest BCUT2D eigenvalue weighted by molar-refractivity contribution is 7.98. The van der Waals surface area contributed by atoms with Crippen LogP contribution in [0.4, 0.5) is 16.0 Å². The lowest BCUT2D eigenvalue weighted by Crippen LogP contribution is -2.25. The molecule has 0 aliphatic carbocycles. The quantitative estimate of drug-likeness (QED) is 0.289. The second kappa shape index (κ2) is 9.95. The largest absolute Gasteiger partial charge is 0.497 e. The summed E-state index contributed by atoms with van der Waals surface area (Å²) in [4.78, 5) is 14.5. The van der Waals surface area contributed by atoms with E-state index in [1.165, 1.54) is 11.8 Å². The van der Waals surface area contributed by atoms with E-state index >= 15 is 0 Å². The summed E-state index contributed by atoms with van der Waals surface area (Å²) >= 11 is 7.27. The average Bonchev–Trinajstić information content (AvgIpc) is 2.79. The van der Waals surface area contributed by atoms with Crippen LogP contribution in [0.2, 0.25) is 5.15 Å². The molecule has 2 aromatic heterocycles. The lowest BCUT2D eigenvalue weighted by atomic mass is 10.1. The molecule has 6 nitrogen and oxygen atoms in total. The van der Waals surface area contributed by atoms with Gasteiger partial charge in [-0.1, -0.05) is 41.6 Å². The predicted octanol–water partition coefficient (Wildman–Crippen LogP) is 5.20. The summed E-state index contributed by atoms with van der Waals surface area (Å²) in [6.45, 7) is 2.55. The Morgan fingerprint density at radius 3 is 2.63 bits per heavy atom. The minimum atomic E-state index is -0.638. The molecule has 0 radical (unpaired) electrons. The van der Waals surface area contributed by atoms with E-state index in [0.29, 0.717) is 11.7 Å². The van der Waals surface area contributed by atoms with Gasteiger partial charge in [-0.15, -0.1) is 0 Å². The highest BCUT2D eigenvalue weighted by Crippen LogP contribution is 2.32. The molecule has 1 N–H and O–H groups in total. The highest BCUT2D eigenvalue weighted by atomic mass is 35.5. The van der Waals surface area contributed by atoms with Crippen LogP contribution in [0.5, 0.6) is 5.75 Å². The number of halogens is 2. The number of aromatic nitrogens is 3. The zero-order valence-corrected chi connectivity index (χ0v) is 18.8. The van der Waals surface area contributed by atoms with Crippen LogP contribution in [0.25, 0.3) is 0 Å². The van der Waals surface area contributed by atoms with Gasteiger partial charge in [0.25, 0.3) is 0 Å². The van der Waals surface area contributed by atoms with Gasteiger partial charge in [-0.3, -0.25) is 0 Å². The average molecular weight is 448 g/mol. The van der Waals surface area contributed by atoms with Crippen LogP contribution in [-0.4, -0.2) is 35.4 Å². The van der Waals surface area contributed by atoms with Crippen molar-refractivity contribution < 1.29 is 9.13 Å². The van der Waals surface area contributed by atoms with Crippen LogP contribution >= 0.6 is 23.4 Å². The molecule has 0 aliphatic rings. The molecule has 2 heterocycles. The van der Waals surface area contributed by atoms with E-state index in [1.54, 1.807) is 25.3 Å². The molecule has 0 amide bonds. The first kappa shape index (κ1) is 22.1. The van der Waals surface area contributed by atoms with Crippen LogP contribution < -0.4 is 15.0 Å². The standard InChI is InChI=1S/C21H23ClFN5OS/c1-13(28(2)20-17(23)18(22)26-21(27-20)30-4)16-6-5-11-24-19(16)25-12-14-7-9-15(29-3)10-8-14/h5-11,13H,12H2,1-4H3,(H,24,25)/t13-/m1/s1. The molecule has 0 aliphatic heterocycles. The summed E-state index contributed by atoms with van der Waals surface area (Å²) < 4.78 is 19.8. The van der Waals surface area contributed by atoms with Crippen molar-refractivity contribution >= 4 is 35.0 Å². The highest BCUT2D eigenvalue weighted by Gasteiger charge is 2.23. The molecule has 9 heteroatoms. The zero-order valence-electron chi connectivity index (χ0n) is 17.2. The third-order valence-corrected chi connectivity index (χ3v) is 5.58. The maximum absolute atomic E-state index is 14.6. The summed E-state index contributed by atoms with van der Waals surface area (Å²) in [5, 5.41) is 3.60. The third-order valence-electron chi connectivity index (χ3n) is 4.78. The minimum Gasteiger partial charge on any atom is -0.497 e. The van der Waals surface area contributed by atoms with Crippen molar-refractivity contribution in [3.63, 3.8) is 0 Å². The molecule has 0 saturated carbocycles. The van der Waals surface area contributed by atoms with Crippen molar-refractivity contribution in [2.24, 2.45) is 0 Å². The van der Waals surface area contributed by atoms with E-state index in [1.807, 2.05) is 49.6 Å². The van der Waals surface area contributed by atoms with Gasteiger partial charge in [-0.2, -0.15) is 4.39 Å². The van der Waals surface area contributed by atoms with Crippen LogP contribution in [0.15, 0.2) is 47.8 Å². The molecular formula is C21H23ClFN5OS. The second-order valence-corrected chi connectivity index (χ2v) is 7.70. The Morgan fingerprint density at radius 1 is 1.23 bits per heavy atom. The fraction of sp³-hybridized carbons (Fsp3) is 0.286. The van der Waals surface area contributed by atoms with Gasteiger partial charge in [-0.05, 0) is 36.9 Å². The topological polar surface area (TPSA) is 63.2 Å². The number of hydrogen-bond donors (Lipinski definition) is 1. The predicted molar refractivity (Wildman–Crippen MR) is 120 cm³/mol. The van der Waals surface area contributed by atoms with Crippen molar-refractivity contribution in [2.45, 2.75) is 24.7 Å². The first-order chi connectivity index (χ1) is 14.4. The number of anilines is 2. The lowest BCUT2D eigenvalue weighted by Gasteiger charge is -2.28. The second-order valence-electron chi connectivity index (χ2n) is 6.57. The summed E-state index contributed by atoms with van der Waals surface area (Å²) in [6.07, 6.45) is 3.54. The fourth-order valence-corrected chi connectivity index (χ4v) is 3.51. The first-order valence-corrected chi connectivity index (χ1v) is 10.9. The Hall–Kier alpha value is -2.58. The molecule has 1 aromatic carbocycles. The molecule has 3 aromatic rings. The van der Waals surface area contributed by atoms with Crippen LogP contribution in [0, 0.1) is 5.82 Å². The molecule has 0 bridgehead atoms. The SMILES string of the molecule is COc1ccc(CNc2ncccc2[C@@H](C)N(C)c2nc(SC)nc(Cl)c2F)cc1. The Labute approximate surface area is 184 Å². The van der Waals surface area contributed by atoms with Crippen LogP contribution in [0.3, 0.4) is 0 Å². The maximum atomic E-state index is 14.6. The van der Waals surface area contributed by atoms with E-state index in [4.69, 9.17) is 16.3 Å². The lowest BCUT2D eigenvalue weighted by molar-refractivity contribution is 0.414. The molecule has 0 fully saturated rings. The number of nitrogens with one attached hydrogen (secondary N) is 1. The summed E-state index contributed by atoms with van der Waals surface area (Å²) in [5.74, 6) is 1.04. The third kappa shape index (κ3) is 4.94. The van der Waals surface area contributed by atoms with Crippen molar-refractivity contribution in [3.8, 4) is 5.75 Å². The molecular weight excluding hydrogens is 425 g/mol. The van der Waals surface area contributed by atoms with Gasteiger partial charge in [0.15, 0.2) is 16.1 Å². The van der Waals surface area contributed by atoms with E-state index in [9.17, 15) is 4.39 Å². The molecule has 3 rings (SSSR count). The van der Waals surface area contributed by atoms with Gasteiger partial charge in [0, 0.05) is 25.4 Å². The Balaban J connectivity index is 1.82. The van der Waals surface area contributed by atoms with Gasteiger partial charge >= 0.3 is 0 Å². The number of nitrogens with zero attached hydrogens (tertiary/aromatic N) is 4. The molecule has 30 heavy (non-hydrogen) atoms. The molecule has 1 atom stereocenters. The van der Waals surface area contributed by atoms with Gasteiger partial charge in [0.05, 0.1) is 13.2 Å². The van der Waals surface area contributed by atoms with Crippen molar-refractivity contribution in [2.75, 3.05) is 30.6 Å². The van der Waals surface area contributed by atoms with Gasteiger partial charge in [0.2, 0.25) is 5.82 Å². The zero-order chi connectivity index (χ0) is 21.7. The first-order valence-electron chi connectivity index (χ1n) is 9.26. The number of methoxy groups -OCH3 is 1. The van der Waals surface area contributed by atoms with Crippen LogP contribution in [0.1, 0.15) is 24.1 Å². The molecule has 0 unspecified atom stereocenters.